The number of nitrogens with zero attached hydrogens (tertiary/aromatic N) is 2. The highest BCUT2D eigenvalue weighted by Crippen LogP contribution is 2.26. The van der Waals surface area contributed by atoms with Crippen molar-refractivity contribution in [2.45, 2.75) is 39.2 Å². The third-order valence-electron chi connectivity index (χ3n) is 3.92. The first-order chi connectivity index (χ1) is 9.24. The Labute approximate surface area is 121 Å². The minimum absolute atomic E-state index is 0.749. The predicted molar refractivity (Wildman–Crippen MR) is 81.9 cm³/mol. The lowest BCUT2D eigenvalue weighted by atomic mass is 9.92. The molecule has 1 aliphatic rings. The minimum Gasteiger partial charge on any atom is -0.357 e. The zero-order chi connectivity index (χ0) is 13.7. The average Bonchev–Trinajstić information content (AvgIpc) is 2.43. The van der Waals surface area contributed by atoms with Gasteiger partial charge >= 0.3 is 0 Å². The Bertz CT molecular complexity index is 400. The van der Waals surface area contributed by atoms with Crippen molar-refractivity contribution in [2.24, 2.45) is 5.92 Å². The fourth-order valence-corrected chi connectivity index (χ4v) is 3.00. The first-order valence-corrected chi connectivity index (χ1v) is 7.66. The molecule has 0 spiro atoms. The molecule has 0 aliphatic carbocycles. The molecule has 2 rings (SSSR count). The van der Waals surface area contributed by atoms with Crippen molar-refractivity contribution in [1.29, 1.82) is 0 Å². The van der Waals surface area contributed by atoms with Gasteiger partial charge in [0.25, 0.3) is 0 Å². The van der Waals surface area contributed by atoms with Gasteiger partial charge in [-0.25, -0.2) is 4.98 Å². The fraction of sp³-hybridized carbons (Fsp3) is 0.667. The maximum absolute atomic E-state index is 6.16. The first kappa shape index (κ1) is 14.6. The van der Waals surface area contributed by atoms with Crippen molar-refractivity contribution in [3.05, 3.63) is 22.8 Å². The molecule has 0 radical (unpaired) electrons. The smallest absolute Gasteiger partial charge is 0.128 e. The van der Waals surface area contributed by atoms with Gasteiger partial charge < -0.3 is 10.2 Å². The molecule has 0 amide bonds. The van der Waals surface area contributed by atoms with Crippen LogP contribution in [0, 0.1) is 5.92 Å². The van der Waals surface area contributed by atoms with Gasteiger partial charge in [-0.3, -0.25) is 0 Å². The van der Waals surface area contributed by atoms with E-state index in [1.54, 1.807) is 6.20 Å². The van der Waals surface area contributed by atoms with Gasteiger partial charge in [0.1, 0.15) is 5.82 Å². The molecular formula is C15H24ClN3. The molecule has 1 aliphatic heterocycles. The number of rotatable bonds is 5. The van der Waals surface area contributed by atoms with Crippen molar-refractivity contribution in [1.82, 2.24) is 10.3 Å². The predicted octanol–water partition coefficient (Wildman–Crippen LogP) is 3.47. The zero-order valence-corrected chi connectivity index (χ0v) is 12.7. The Morgan fingerprint density at radius 1 is 1.42 bits per heavy atom. The van der Waals surface area contributed by atoms with Crippen LogP contribution in [0.25, 0.3) is 0 Å². The van der Waals surface area contributed by atoms with Crippen molar-refractivity contribution in [3.8, 4) is 0 Å². The molecule has 0 unspecified atom stereocenters. The Morgan fingerprint density at radius 3 is 2.79 bits per heavy atom. The van der Waals surface area contributed by atoms with E-state index >= 15 is 0 Å². The number of nitrogens with one attached hydrogen (secondary N) is 1. The molecule has 1 saturated heterocycles. The molecule has 19 heavy (non-hydrogen) atoms. The van der Waals surface area contributed by atoms with Crippen molar-refractivity contribution >= 4 is 17.4 Å². The van der Waals surface area contributed by atoms with Gasteiger partial charge in [0.05, 0.1) is 5.02 Å². The molecule has 4 heteroatoms. The van der Waals surface area contributed by atoms with Crippen LogP contribution < -0.4 is 10.2 Å². The summed E-state index contributed by atoms with van der Waals surface area (Å²) in [5, 5.41) is 3.90. The van der Waals surface area contributed by atoms with Crippen LogP contribution in [0.5, 0.6) is 0 Å². The Kier molecular flexibility index (Phi) is 5.46. The lowest BCUT2D eigenvalue weighted by molar-refractivity contribution is 0.377. The van der Waals surface area contributed by atoms with Gasteiger partial charge in [0.2, 0.25) is 0 Å². The van der Waals surface area contributed by atoms with Crippen molar-refractivity contribution < 1.29 is 0 Å². The van der Waals surface area contributed by atoms with Crippen LogP contribution in [0.3, 0.4) is 0 Å². The zero-order valence-electron chi connectivity index (χ0n) is 12.0. The Hall–Kier alpha value is -0.800. The van der Waals surface area contributed by atoms with Gasteiger partial charge in [-0.1, -0.05) is 31.4 Å². The highest BCUT2D eigenvalue weighted by atomic mass is 35.5. The Morgan fingerprint density at radius 2 is 2.16 bits per heavy atom. The van der Waals surface area contributed by atoms with Crippen LogP contribution in [-0.4, -0.2) is 25.1 Å². The van der Waals surface area contributed by atoms with Gasteiger partial charge in [-0.15, -0.1) is 0 Å². The molecule has 0 saturated carbocycles. The summed E-state index contributed by atoms with van der Waals surface area (Å²) in [6.07, 6.45) is 7.03. The number of anilines is 1. The number of hydrogen-bond donors (Lipinski definition) is 1. The molecular weight excluding hydrogens is 258 g/mol. The van der Waals surface area contributed by atoms with Crippen LogP contribution in [0.4, 0.5) is 5.82 Å². The first-order valence-electron chi connectivity index (χ1n) is 7.28. The molecule has 2 heterocycles. The summed E-state index contributed by atoms with van der Waals surface area (Å²) in [5.41, 5.74) is 1.13. The van der Waals surface area contributed by atoms with Crippen LogP contribution in [0.15, 0.2) is 12.3 Å². The summed E-state index contributed by atoms with van der Waals surface area (Å²) >= 11 is 6.16. The molecule has 1 aromatic rings. The van der Waals surface area contributed by atoms with Crippen LogP contribution in [0.1, 0.15) is 38.2 Å². The SMILES string of the molecule is CCCC1CCN(c2cc(CNC)c(Cl)cn2)CC1. The second-order valence-corrected chi connectivity index (χ2v) is 5.79. The van der Waals surface area contributed by atoms with Gasteiger partial charge in [0, 0.05) is 25.8 Å². The van der Waals surface area contributed by atoms with Crippen LogP contribution in [0.2, 0.25) is 5.02 Å². The standard InChI is InChI=1S/C15H24ClN3/c1-3-4-12-5-7-19(8-6-12)15-9-13(10-17-2)14(16)11-18-15/h9,11-12,17H,3-8,10H2,1-2H3. The van der Waals surface area contributed by atoms with E-state index in [1.165, 1.54) is 25.7 Å². The summed E-state index contributed by atoms with van der Waals surface area (Å²) < 4.78 is 0. The second kappa shape index (κ2) is 7.11. The van der Waals surface area contributed by atoms with Gasteiger partial charge in [-0.2, -0.15) is 0 Å². The van der Waals surface area contributed by atoms with E-state index in [0.717, 1.165) is 42.0 Å². The molecule has 1 fully saturated rings. The third kappa shape index (κ3) is 3.83. The lowest BCUT2D eigenvalue weighted by Gasteiger charge is -2.33. The molecule has 0 aromatic carbocycles. The third-order valence-corrected chi connectivity index (χ3v) is 4.26. The van der Waals surface area contributed by atoms with E-state index in [-0.39, 0.29) is 0 Å². The van der Waals surface area contributed by atoms with Crippen molar-refractivity contribution in [2.75, 3.05) is 25.0 Å². The van der Waals surface area contributed by atoms with E-state index in [4.69, 9.17) is 11.6 Å². The van der Waals surface area contributed by atoms with Gasteiger partial charge in [-0.05, 0) is 37.4 Å². The number of aromatic nitrogens is 1. The highest BCUT2D eigenvalue weighted by molar-refractivity contribution is 6.31. The molecule has 106 valence electrons. The van der Waals surface area contributed by atoms with E-state index in [9.17, 15) is 0 Å². The van der Waals surface area contributed by atoms with E-state index in [0.29, 0.717) is 0 Å². The fourth-order valence-electron chi connectivity index (χ4n) is 2.83. The van der Waals surface area contributed by atoms with E-state index in [2.05, 4.69) is 28.2 Å². The summed E-state index contributed by atoms with van der Waals surface area (Å²) in [5.74, 6) is 1.98. The number of hydrogen-bond acceptors (Lipinski definition) is 3. The maximum atomic E-state index is 6.16. The minimum atomic E-state index is 0.749. The molecule has 0 bridgehead atoms. The second-order valence-electron chi connectivity index (χ2n) is 5.38. The summed E-state index contributed by atoms with van der Waals surface area (Å²) in [4.78, 5) is 6.87. The van der Waals surface area contributed by atoms with Crippen LogP contribution in [-0.2, 0) is 6.54 Å². The quantitative estimate of drug-likeness (QED) is 0.896. The molecule has 0 atom stereocenters. The van der Waals surface area contributed by atoms with E-state index in [1.807, 2.05) is 7.05 Å². The molecule has 3 nitrogen and oxygen atoms in total. The largest absolute Gasteiger partial charge is 0.357 e. The number of piperidine rings is 1. The normalized spacial score (nSPS) is 16.9. The monoisotopic (exact) mass is 281 g/mol. The lowest BCUT2D eigenvalue weighted by Crippen LogP contribution is -2.34. The summed E-state index contributed by atoms with van der Waals surface area (Å²) in [6.45, 7) is 5.31. The average molecular weight is 282 g/mol. The number of pyridine rings is 1. The topological polar surface area (TPSA) is 28.2 Å². The molecule has 1 N–H and O–H groups in total. The van der Waals surface area contributed by atoms with Gasteiger partial charge in [0.15, 0.2) is 0 Å². The summed E-state index contributed by atoms with van der Waals surface area (Å²) in [6, 6.07) is 2.12. The molecule has 1 aromatic heterocycles. The number of halogens is 1. The Balaban J connectivity index is 2.01. The highest BCUT2D eigenvalue weighted by Gasteiger charge is 2.19. The maximum Gasteiger partial charge on any atom is 0.128 e. The van der Waals surface area contributed by atoms with Crippen LogP contribution >= 0.6 is 11.6 Å². The van der Waals surface area contributed by atoms with E-state index < -0.39 is 0 Å². The summed E-state index contributed by atoms with van der Waals surface area (Å²) in [7, 11) is 1.94. The van der Waals surface area contributed by atoms with Crippen molar-refractivity contribution in [3.63, 3.8) is 0 Å².